The Balaban J connectivity index is 1.58. The van der Waals surface area contributed by atoms with Crippen LogP contribution < -0.4 is 10.1 Å². The van der Waals surface area contributed by atoms with E-state index in [1.807, 2.05) is 55.5 Å². The zero-order chi connectivity index (χ0) is 17.9. The van der Waals surface area contributed by atoms with Crippen LogP contribution in [0.15, 0.2) is 48.5 Å². The minimum atomic E-state index is -0.00777. The summed E-state index contributed by atoms with van der Waals surface area (Å²) in [7, 11) is 0. The predicted octanol–water partition coefficient (Wildman–Crippen LogP) is 3.69. The highest BCUT2D eigenvalue weighted by Crippen LogP contribution is 2.16. The number of hydrogen-bond donors (Lipinski definition) is 1. The summed E-state index contributed by atoms with van der Waals surface area (Å²) in [6.45, 7) is 2.97. The molecule has 0 spiro atoms. The van der Waals surface area contributed by atoms with Gasteiger partial charge in [-0.25, -0.2) is 0 Å². The van der Waals surface area contributed by atoms with Crippen molar-refractivity contribution < 1.29 is 9.53 Å². The van der Waals surface area contributed by atoms with Crippen LogP contribution in [0.4, 0.5) is 0 Å². The molecule has 0 fully saturated rings. The lowest BCUT2D eigenvalue weighted by molar-refractivity contribution is -0.121. The van der Waals surface area contributed by atoms with Crippen molar-refractivity contribution in [1.82, 2.24) is 5.32 Å². The zero-order valence-corrected chi connectivity index (χ0v) is 15.1. The minimum Gasteiger partial charge on any atom is -0.493 e. The number of nitrogens with zero attached hydrogens (tertiary/aromatic N) is 1. The van der Waals surface area contributed by atoms with E-state index >= 15 is 0 Å². The minimum absolute atomic E-state index is 0.00777. The summed E-state index contributed by atoms with van der Waals surface area (Å²) >= 11 is 1.70. The van der Waals surface area contributed by atoms with Gasteiger partial charge in [-0.1, -0.05) is 36.4 Å². The van der Waals surface area contributed by atoms with Crippen molar-refractivity contribution in [2.45, 2.75) is 19.1 Å². The Morgan fingerprint density at radius 2 is 1.96 bits per heavy atom. The highest BCUT2D eigenvalue weighted by molar-refractivity contribution is 7.98. The summed E-state index contributed by atoms with van der Waals surface area (Å²) in [4.78, 5) is 11.8. The van der Waals surface area contributed by atoms with Gasteiger partial charge < -0.3 is 10.1 Å². The van der Waals surface area contributed by atoms with Gasteiger partial charge in [-0.05, 0) is 30.2 Å². The number of carbonyl (C=O) groups excluding carboxylic acids is 1. The van der Waals surface area contributed by atoms with Crippen LogP contribution >= 0.6 is 11.8 Å². The Labute approximate surface area is 153 Å². The Bertz CT molecular complexity index is 740. The van der Waals surface area contributed by atoms with Crippen LogP contribution in [0.2, 0.25) is 0 Å². The average Bonchev–Trinajstić information content (AvgIpc) is 2.63. The topological polar surface area (TPSA) is 62.1 Å². The zero-order valence-electron chi connectivity index (χ0n) is 14.3. The van der Waals surface area contributed by atoms with Crippen molar-refractivity contribution in [2.75, 3.05) is 18.9 Å². The first-order valence-corrected chi connectivity index (χ1v) is 9.37. The number of para-hydroxylation sites is 1. The van der Waals surface area contributed by atoms with E-state index in [2.05, 4.69) is 11.4 Å². The maximum Gasteiger partial charge on any atom is 0.223 e. The first kappa shape index (κ1) is 18.9. The van der Waals surface area contributed by atoms with Crippen molar-refractivity contribution in [3.8, 4) is 11.8 Å². The van der Waals surface area contributed by atoms with Crippen LogP contribution in [-0.2, 0) is 10.5 Å². The van der Waals surface area contributed by atoms with Crippen molar-refractivity contribution in [1.29, 1.82) is 5.26 Å². The number of ether oxygens (including phenoxy) is 1. The number of amides is 1. The molecule has 25 heavy (non-hydrogen) atoms. The number of nitriles is 1. The molecule has 1 N–H and O–H groups in total. The maximum atomic E-state index is 11.8. The second-order valence-electron chi connectivity index (χ2n) is 5.54. The smallest absolute Gasteiger partial charge is 0.223 e. The SMILES string of the molecule is Cc1ccccc1OCCC(=O)NCCSCc1ccccc1C#N. The van der Waals surface area contributed by atoms with E-state index in [-0.39, 0.29) is 5.91 Å². The summed E-state index contributed by atoms with van der Waals surface area (Å²) < 4.78 is 5.62. The molecule has 0 aromatic heterocycles. The highest BCUT2D eigenvalue weighted by Gasteiger charge is 2.04. The second-order valence-corrected chi connectivity index (χ2v) is 6.64. The Hall–Kier alpha value is -2.45. The summed E-state index contributed by atoms with van der Waals surface area (Å²) in [5.41, 5.74) is 2.82. The van der Waals surface area contributed by atoms with E-state index in [4.69, 9.17) is 10.00 Å². The molecule has 0 aliphatic heterocycles. The first-order chi connectivity index (χ1) is 12.2. The third-order valence-electron chi connectivity index (χ3n) is 3.64. The van der Waals surface area contributed by atoms with Gasteiger partial charge in [-0.15, -0.1) is 0 Å². The number of hydrogen-bond acceptors (Lipinski definition) is 4. The first-order valence-electron chi connectivity index (χ1n) is 8.21. The van der Waals surface area contributed by atoms with Crippen LogP contribution in [0.5, 0.6) is 5.75 Å². The molecule has 0 atom stereocenters. The maximum absolute atomic E-state index is 11.8. The fraction of sp³-hybridized carbons (Fsp3) is 0.300. The van der Waals surface area contributed by atoms with Gasteiger partial charge in [-0.3, -0.25) is 4.79 Å². The van der Waals surface area contributed by atoms with Crippen molar-refractivity contribution >= 4 is 17.7 Å². The molecule has 0 aliphatic rings. The largest absolute Gasteiger partial charge is 0.493 e. The number of rotatable bonds is 9. The van der Waals surface area contributed by atoms with E-state index in [9.17, 15) is 4.79 Å². The highest BCUT2D eigenvalue weighted by atomic mass is 32.2. The molecule has 0 saturated heterocycles. The average molecular weight is 354 g/mol. The van der Waals surface area contributed by atoms with E-state index in [1.54, 1.807) is 11.8 Å². The van der Waals surface area contributed by atoms with Crippen LogP contribution in [0.3, 0.4) is 0 Å². The van der Waals surface area contributed by atoms with Crippen molar-refractivity contribution in [2.24, 2.45) is 0 Å². The fourth-order valence-corrected chi connectivity index (χ4v) is 3.12. The van der Waals surface area contributed by atoms with Gasteiger partial charge in [0.1, 0.15) is 5.75 Å². The van der Waals surface area contributed by atoms with E-state index in [0.717, 1.165) is 28.4 Å². The molecule has 130 valence electrons. The van der Waals surface area contributed by atoms with Gasteiger partial charge in [0, 0.05) is 18.1 Å². The third-order valence-corrected chi connectivity index (χ3v) is 4.65. The van der Waals surface area contributed by atoms with Crippen LogP contribution in [0.1, 0.15) is 23.1 Å². The lowest BCUT2D eigenvalue weighted by atomic mass is 10.1. The number of benzene rings is 2. The van der Waals surface area contributed by atoms with Crippen LogP contribution in [0.25, 0.3) is 0 Å². The monoisotopic (exact) mass is 354 g/mol. The molecular weight excluding hydrogens is 332 g/mol. The normalized spacial score (nSPS) is 10.1. The summed E-state index contributed by atoms with van der Waals surface area (Å²) in [5.74, 6) is 2.40. The van der Waals surface area contributed by atoms with E-state index in [0.29, 0.717) is 25.1 Å². The molecule has 2 rings (SSSR count). The molecule has 1 amide bonds. The number of thioether (sulfide) groups is 1. The number of nitrogens with one attached hydrogen (secondary N) is 1. The third kappa shape index (κ3) is 6.52. The van der Waals surface area contributed by atoms with Crippen molar-refractivity contribution in [3.63, 3.8) is 0 Å². The van der Waals surface area contributed by atoms with Gasteiger partial charge in [0.05, 0.1) is 24.7 Å². The van der Waals surface area contributed by atoms with E-state index < -0.39 is 0 Å². The Morgan fingerprint density at radius 1 is 1.20 bits per heavy atom. The molecule has 0 heterocycles. The van der Waals surface area contributed by atoms with Gasteiger partial charge in [0.25, 0.3) is 0 Å². The number of carbonyl (C=O) groups is 1. The van der Waals surface area contributed by atoms with Gasteiger partial charge in [-0.2, -0.15) is 17.0 Å². The quantitative estimate of drug-likeness (QED) is 0.698. The van der Waals surface area contributed by atoms with Crippen LogP contribution in [0, 0.1) is 18.3 Å². The van der Waals surface area contributed by atoms with Crippen LogP contribution in [-0.4, -0.2) is 24.8 Å². The summed E-state index contributed by atoms with van der Waals surface area (Å²) in [6, 6.07) is 17.6. The molecule has 4 nitrogen and oxygen atoms in total. The summed E-state index contributed by atoms with van der Waals surface area (Å²) in [5, 5.41) is 11.9. The lowest BCUT2D eigenvalue weighted by Gasteiger charge is -2.09. The van der Waals surface area contributed by atoms with Gasteiger partial charge >= 0.3 is 0 Å². The molecule has 2 aromatic rings. The molecule has 0 aliphatic carbocycles. The predicted molar refractivity (Wildman–Crippen MR) is 102 cm³/mol. The fourth-order valence-electron chi connectivity index (χ4n) is 2.26. The Kier molecular flexibility index (Phi) is 7.87. The molecule has 0 bridgehead atoms. The standard InChI is InChI=1S/C20H22N2O2S/c1-16-6-2-5-9-19(16)24-12-10-20(23)22-11-13-25-15-18-8-4-3-7-17(18)14-21/h2-9H,10-13,15H2,1H3,(H,22,23). The second kappa shape index (κ2) is 10.4. The molecular formula is C20H22N2O2S. The van der Waals surface area contributed by atoms with Crippen molar-refractivity contribution in [3.05, 3.63) is 65.2 Å². The molecule has 2 aromatic carbocycles. The van der Waals surface area contributed by atoms with E-state index in [1.165, 1.54) is 0 Å². The van der Waals surface area contributed by atoms with Gasteiger partial charge in [0.15, 0.2) is 0 Å². The molecule has 0 unspecified atom stereocenters. The lowest BCUT2D eigenvalue weighted by Crippen LogP contribution is -2.27. The summed E-state index contributed by atoms with van der Waals surface area (Å²) in [6.07, 6.45) is 0.344. The van der Waals surface area contributed by atoms with Gasteiger partial charge in [0.2, 0.25) is 5.91 Å². The molecule has 0 saturated carbocycles. The molecule has 0 radical (unpaired) electrons. The number of aryl methyl sites for hydroxylation is 1. The molecule has 5 heteroatoms. The Morgan fingerprint density at radius 3 is 2.76 bits per heavy atom.